The van der Waals surface area contributed by atoms with Gasteiger partial charge in [-0.1, -0.05) is 0 Å². The van der Waals surface area contributed by atoms with E-state index in [-0.39, 0.29) is 32.0 Å². The zero-order valence-electron chi connectivity index (χ0n) is 9.16. The number of hydrogen-bond acceptors (Lipinski definition) is 3. The zero-order chi connectivity index (χ0) is 12.0. The molecule has 0 atom stereocenters. The van der Waals surface area contributed by atoms with Crippen molar-refractivity contribution < 1.29 is 18.7 Å². The topological polar surface area (TPSA) is 52.6 Å². The summed E-state index contributed by atoms with van der Waals surface area (Å²) in [4.78, 5) is 12.7. The predicted octanol–water partition coefficient (Wildman–Crippen LogP) is 0.214. The van der Waals surface area contributed by atoms with Crippen LogP contribution < -0.4 is 5.32 Å². The lowest BCUT2D eigenvalue weighted by molar-refractivity contribution is -0.121. The standard InChI is InChI=1S/C10H18F2N2O2/c11-9(12)7-14(5-6-15)4-3-10(16)13-8-1-2-8/h8-9,15H,1-7H2,(H,13,16). The molecule has 4 nitrogen and oxygen atoms in total. The molecule has 0 radical (unpaired) electrons. The van der Waals surface area contributed by atoms with E-state index in [1.807, 2.05) is 0 Å². The molecule has 1 amide bonds. The zero-order valence-corrected chi connectivity index (χ0v) is 9.16. The van der Waals surface area contributed by atoms with Crippen LogP contribution in [0.5, 0.6) is 0 Å². The summed E-state index contributed by atoms with van der Waals surface area (Å²) in [6.45, 7) is -0.112. The van der Waals surface area contributed by atoms with Crippen molar-refractivity contribution in [2.75, 3.05) is 26.2 Å². The number of rotatable bonds is 8. The van der Waals surface area contributed by atoms with Crippen molar-refractivity contribution in [3.8, 4) is 0 Å². The Kier molecular flexibility index (Phi) is 5.62. The first kappa shape index (κ1) is 13.3. The van der Waals surface area contributed by atoms with Crippen molar-refractivity contribution in [1.82, 2.24) is 10.2 Å². The van der Waals surface area contributed by atoms with Crippen LogP contribution in [0.1, 0.15) is 19.3 Å². The maximum Gasteiger partial charge on any atom is 0.251 e. The molecule has 0 spiro atoms. The van der Waals surface area contributed by atoms with Crippen LogP contribution in [0.25, 0.3) is 0 Å². The maximum atomic E-state index is 12.1. The second kappa shape index (κ2) is 6.75. The van der Waals surface area contributed by atoms with Crippen LogP contribution in [0, 0.1) is 0 Å². The van der Waals surface area contributed by atoms with E-state index in [0.29, 0.717) is 6.04 Å². The molecule has 0 aliphatic heterocycles. The minimum atomic E-state index is -2.43. The molecular formula is C10H18F2N2O2. The average molecular weight is 236 g/mol. The highest BCUT2D eigenvalue weighted by Crippen LogP contribution is 2.18. The fourth-order valence-corrected chi connectivity index (χ4v) is 1.42. The monoisotopic (exact) mass is 236 g/mol. The van der Waals surface area contributed by atoms with Crippen molar-refractivity contribution in [2.45, 2.75) is 31.7 Å². The number of hydrogen-bond donors (Lipinski definition) is 2. The smallest absolute Gasteiger partial charge is 0.251 e. The van der Waals surface area contributed by atoms with Gasteiger partial charge in [0.1, 0.15) is 0 Å². The maximum absolute atomic E-state index is 12.1. The number of aliphatic hydroxyl groups excluding tert-OH is 1. The van der Waals surface area contributed by atoms with Gasteiger partial charge >= 0.3 is 0 Å². The second-order valence-corrected chi connectivity index (χ2v) is 4.01. The fraction of sp³-hybridized carbons (Fsp3) is 0.900. The number of halogens is 2. The van der Waals surface area contributed by atoms with E-state index >= 15 is 0 Å². The summed E-state index contributed by atoms with van der Waals surface area (Å²) in [6, 6.07) is 0.300. The Morgan fingerprint density at radius 2 is 2.12 bits per heavy atom. The molecule has 1 aliphatic rings. The van der Waals surface area contributed by atoms with Gasteiger partial charge in [-0.25, -0.2) is 8.78 Å². The van der Waals surface area contributed by atoms with Gasteiger partial charge in [0.25, 0.3) is 6.43 Å². The molecule has 0 aromatic heterocycles. The van der Waals surface area contributed by atoms with E-state index in [2.05, 4.69) is 5.32 Å². The third kappa shape index (κ3) is 5.97. The molecule has 1 aliphatic carbocycles. The van der Waals surface area contributed by atoms with Crippen molar-refractivity contribution >= 4 is 5.91 Å². The van der Waals surface area contributed by atoms with E-state index in [1.165, 1.54) is 4.90 Å². The van der Waals surface area contributed by atoms with Crippen LogP contribution in [-0.2, 0) is 4.79 Å². The molecule has 0 saturated heterocycles. The van der Waals surface area contributed by atoms with Gasteiger partial charge < -0.3 is 10.4 Å². The number of nitrogens with one attached hydrogen (secondary N) is 1. The summed E-state index contributed by atoms with van der Waals surface area (Å²) in [5.74, 6) is -0.0975. The molecule has 16 heavy (non-hydrogen) atoms. The number of nitrogens with zero attached hydrogens (tertiary/aromatic N) is 1. The number of alkyl halides is 2. The van der Waals surface area contributed by atoms with Crippen LogP contribution in [0.2, 0.25) is 0 Å². The summed E-state index contributed by atoms with van der Waals surface area (Å²) in [5.41, 5.74) is 0. The van der Waals surface area contributed by atoms with Crippen LogP contribution in [0.15, 0.2) is 0 Å². The first-order valence-corrected chi connectivity index (χ1v) is 5.52. The largest absolute Gasteiger partial charge is 0.395 e. The summed E-state index contributed by atoms with van der Waals surface area (Å²) in [7, 11) is 0. The van der Waals surface area contributed by atoms with Crippen molar-refractivity contribution in [2.24, 2.45) is 0 Å². The van der Waals surface area contributed by atoms with Crippen molar-refractivity contribution in [3.05, 3.63) is 0 Å². The Labute approximate surface area is 93.6 Å². The van der Waals surface area contributed by atoms with Gasteiger partial charge in [-0.2, -0.15) is 0 Å². The van der Waals surface area contributed by atoms with Crippen molar-refractivity contribution in [3.63, 3.8) is 0 Å². The van der Waals surface area contributed by atoms with E-state index in [4.69, 9.17) is 5.11 Å². The molecule has 1 rings (SSSR count). The quantitative estimate of drug-likeness (QED) is 0.633. The Morgan fingerprint density at radius 3 is 2.62 bits per heavy atom. The van der Waals surface area contributed by atoms with Gasteiger partial charge in [0.15, 0.2) is 0 Å². The third-order valence-corrected chi connectivity index (χ3v) is 2.41. The molecule has 0 aromatic rings. The summed E-state index contributed by atoms with van der Waals surface area (Å²) in [5, 5.41) is 11.5. The van der Waals surface area contributed by atoms with Gasteiger partial charge in [0.05, 0.1) is 13.2 Å². The lowest BCUT2D eigenvalue weighted by Gasteiger charge is -2.20. The first-order valence-electron chi connectivity index (χ1n) is 5.52. The second-order valence-electron chi connectivity index (χ2n) is 4.01. The SMILES string of the molecule is O=C(CCN(CCO)CC(F)F)NC1CC1. The lowest BCUT2D eigenvalue weighted by atomic mass is 10.3. The molecule has 2 N–H and O–H groups in total. The molecule has 0 heterocycles. The van der Waals surface area contributed by atoms with Crippen LogP contribution >= 0.6 is 0 Å². The first-order chi connectivity index (χ1) is 7.61. The molecular weight excluding hydrogens is 218 g/mol. The van der Waals surface area contributed by atoms with Gasteiger partial charge in [-0.15, -0.1) is 0 Å². The van der Waals surface area contributed by atoms with E-state index in [0.717, 1.165) is 12.8 Å². The molecule has 0 aromatic carbocycles. The fourth-order valence-electron chi connectivity index (χ4n) is 1.42. The van der Waals surface area contributed by atoms with E-state index in [9.17, 15) is 13.6 Å². The molecule has 0 unspecified atom stereocenters. The highest BCUT2D eigenvalue weighted by Gasteiger charge is 2.23. The van der Waals surface area contributed by atoms with Gasteiger partial charge in [-0.05, 0) is 12.8 Å². The normalized spacial score (nSPS) is 15.8. The van der Waals surface area contributed by atoms with Crippen LogP contribution in [0.3, 0.4) is 0 Å². The Bertz CT molecular complexity index is 223. The van der Waals surface area contributed by atoms with E-state index < -0.39 is 13.0 Å². The lowest BCUT2D eigenvalue weighted by Crippen LogP contribution is -2.36. The minimum Gasteiger partial charge on any atom is -0.395 e. The van der Waals surface area contributed by atoms with Crippen LogP contribution in [0.4, 0.5) is 8.78 Å². The molecule has 1 saturated carbocycles. The van der Waals surface area contributed by atoms with Gasteiger partial charge in [0, 0.05) is 25.6 Å². The molecule has 0 bridgehead atoms. The molecule has 1 fully saturated rings. The number of carbonyl (C=O) groups is 1. The summed E-state index contributed by atoms with van der Waals surface area (Å²) in [6.07, 6.45) is -0.187. The third-order valence-electron chi connectivity index (χ3n) is 2.41. The number of aliphatic hydroxyl groups is 1. The Hall–Kier alpha value is -0.750. The van der Waals surface area contributed by atoms with Crippen molar-refractivity contribution in [1.29, 1.82) is 0 Å². The highest BCUT2D eigenvalue weighted by molar-refractivity contribution is 5.76. The number of amides is 1. The number of carbonyl (C=O) groups excluding carboxylic acids is 1. The summed E-state index contributed by atoms with van der Waals surface area (Å²) < 4.78 is 24.3. The Balaban J connectivity index is 2.16. The van der Waals surface area contributed by atoms with E-state index in [1.54, 1.807) is 0 Å². The average Bonchev–Trinajstić information content (AvgIpc) is 2.97. The molecule has 6 heteroatoms. The predicted molar refractivity (Wildman–Crippen MR) is 55.3 cm³/mol. The molecule has 94 valence electrons. The van der Waals surface area contributed by atoms with Crippen LogP contribution in [-0.4, -0.2) is 54.6 Å². The minimum absolute atomic E-state index is 0.0975. The van der Waals surface area contributed by atoms with Gasteiger partial charge in [-0.3, -0.25) is 9.69 Å². The van der Waals surface area contributed by atoms with Gasteiger partial charge in [0.2, 0.25) is 5.91 Å². The summed E-state index contributed by atoms with van der Waals surface area (Å²) >= 11 is 0. The Morgan fingerprint density at radius 1 is 1.44 bits per heavy atom. The highest BCUT2D eigenvalue weighted by atomic mass is 19.3.